The zero-order chi connectivity index (χ0) is 8.15. The van der Waals surface area contributed by atoms with Crippen molar-refractivity contribution in [2.24, 2.45) is 0 Å². The molecular formula is C7H10O3. The third-order valence-corrected chi connectivity index (χ3v) is 0.843. The molecule has 56 valence electrons. The van der Waals surface area contributed by atoms with E-state index in [0.29, 0.717) is 5.57 Å². The second-order valence-corrected chi connectivity index (χ2v) is 2.05. The molecule has 0 saturated heterocycles. The number of rotatable bonds is 3. The maximum atomic E-state index is 10.0. The second kappa shape index (κ2) is 3.71. The van der Waals surface area contributed by atoms with E-state index in [2.05, 4.69) is 6.58 Å². The first kappa shape index (κ1) is 8.75. The molecule has 0 fully saturated rings. The maximum Gasteiger partial charge on any atom is 0.307 e. The summed E-state index contributed by atoms with van der Waals surface area (Å²) in [6, 6.07) is 0. The van der Waals surface area contributed by atoms with Gasteiger partial charge in [-0.3, -0.25) is 4.79 Å². The SMILES string of the molecule is C=C(O)/C=C(\C)CC(=O)O. The number of aliphatic hydroxyl groups is 1. The lowest BCUT2D eigenvalue weighted by Crippen LogP contribution is -1.94. The molecule has 2 N–H and O–H groups in total. The van der Waals surface area contributed by atoms with Gasteiger partial charge in [-0.2, -0.15) is 0 Å². The van der Waals surface area contributed by atoms with Gasteiger partial charge in [-0.25, -0.2) is 0 Å². The fourth-order valence-electron chi connectivity index (χ4n) is 0.574. The van der Waals surface area contributed by atoms with Crippen molar-refractivity contribution in [1.82, 2.24) is 0 Å². The number of hydrogen-bond acceptors (Lipinski definition) is 2. The summed E-state index contributed by atoms with van der Waals surface area (Å²) in [4.78, 5) is 10.0. The molecule has 0 aliphatic carbocycles. The summed E-state index contributed by atoms with van der Waals surface area (Å²) in [7, 11) is 0. The van der Waals surface area contributed by atoms with Gasteiger partial charge in [0, 0.05) is 0 Å². The van der Waals surface area contributed by atoms with Crippen LogP contribution in [0.5, 0.6) is 0 Å². The van der Waals surface area contributed by atoms with Gasteiger partial charge in [-0.15, -0.1) is 0 Å². The lowest BCUT2D eigenvalue weighted by atomic mass is 10.2. The van der Waals surface area contributed by atoms with Gasteiger partial charge in [0.15, 0.2) is 0 Å². The van der Waals surface area contributed by atoms with Crippen LogP contribution in [0.3, 0.4) is 0 Å². The fourth-order valence-corrected chi connectivity index (χ4v) is 0.574. The molecule has 0 amide bonds. The Hall–Kier alpha value is -1.25. The first-order chi connectivity index (χ1) is 4.52. The van der Waals surface area contributed by atoms with Crippen LogP contribution in [0.2, 0.25) is 0 Å². The van der Waals surface area contributed by atoms with E-state index in [1.165, 1.54) is 6.08 Å². The van der Waals surface area contributed by atoms with Crippen LogP contribution in [-0.4, -0.2) is 16.2 Å². The molecule has 0 atom stereocenters. The molecule has 0 heterocycles. The van der Waals surface area contributed by atoms with Crippen molar-refractivity contribution in [3.63, 3.8) is 0 Å². The van der Waals surface area contributed by atoms with Crippen LogP contribution in [-0.2, 0) is 4.79 Å². The van der Waals surface area contributed by atoms with Crippen molar-refractivity contribution >= 4 is 5.97 Å². The van der Waals surface area contributed by atoms with Gasteiger partial charge in [0.25, 0.3) is 0 Å². The minimum absolute atomic E-state index is 0.0560. The Morgan fingerprint density at radius 1 is 1.60 bits per heavy atom. The smallest absolute Gasteiger partial charge is 0.307 e. The third kappa shape index (κ3) is 4.90. The Morgan fingerprint density at radius 2 is 2.10 bits per heavy atom. The summed E-state index contributed by atoms with van der Waals surface area (Å²) < 4.78 is 0. The number of aliphatic hydroxyl groups excluding tert-OH is 1. The number of hydrogen-bond donors (Lipinski definition) is 2. The number of aliphatic carboxylic acids is 1. The van der Waals surface area contributed by atoms with Gasteiger partial charge in [-0.05, 0) is 13.0 Å². The van der Waals surface area contributed by atoms with E-state index in [0.717, 1.165) is 0 Å². The molecule has 0 aliphatic rings. The Labute approximate surface area is 59.3 Å². The summed E-state index contributed by atoms with van der Waals surface area (Å²) in [5.41, 5.74) is 0.583. The molecule has 10 heavy (non-hydrogen) atoms. The lowest BCUT2D eigenvalue weighted by molar-refractivity contribution is -0.136. The Morgan fingerprint density at radius 3 is 2.40 bits per heavy atom. The molecule has 0 aromatic carbocycles. The maximum absolute atomic E-state index is 10.0. The third-order valence-electron chi connectivity index (χ3n) is 0.843. The van der Waals surface area contributed by atoms with E-state index in [9.17, 15) is 4.79 Å². The van der Waals surface area contributed by atoms with Crippen molar-refractivity contribution in [3.8, 4) is 0 Å². The quantitative estimate of drug-likeness (QED) is 0.463. The van der Waals surface area contributed by atoms with Gasteiger partial charge < -0.3 is 10.2 Å². The van der Waals surface area contributed by atoms with Gasteiger partial charge in [0.1, 0.15) is 5.76 Å². The first-order valence-electron chi connectivity index (χ1n) is 2.79. The van der Waals surface area contributed by atoms with E-state index in [1.54, 1.807) is 6.92 Å². The molecule has 0 saturated carbocycles. The van der Waals surface area contributed by atoms with E-state index in [1.807, 2.05) is 0 Å². The average molecular weight is 142 g/mol. The minimum Gasteiger partial charge on any atom is -0.509 e. The topological polar surface area (TPSA) is 57.5 Å². The molecule has 0 rings (SSSR count). The Kier molecular flexibility index (Phi) is 3.25. The lowest BCUT2D eigenvalue weighted by Gasteiger charge is -1.93. The number of carboxylic acids is 1. The van der Waals surface area contributed by atoms with Crippen LogP contribution in [0.25, 0.3) is 0 Å². The molecule has 0 aliphatic heterocycles. The molecule has 3 heteroatoms. The van der Waals surface area contributed by atoms with Crippen LogP contribution < -0.4 is 0 Å². The zero-order valence-electron chi connectivity index (χ0n) is 5.79. The van der Waals surface area contributed by atoms with E-state index >= 15 is 0 Å². The van der Waals surface area contributed by atoms with Crippen molar-refractivity contribution in [2.75, 3.05) is 0 Å². The normalized spacial score (nSPS) is 11.1. The van der Waals surface area contributed by atoms with Gasteiger partial charge in [0.05, 0.1) is 6.42 Å². The summed E-state index contributed by atoms with van der Waals surface area (Å²) in [6.45, 7) is 4.81. The van der Waals surface area contributed by atoms with Gasteiger partial charge in [-0.1, -0.05) is 12.2 Å². The Bertz CT molecular complexity index is 179. The van der Waals surface area contributed by atoms with Crippen LogP contribution in [0.15, 0.2) is 24.0 Å². The van der Waals surface area contributed by atoms with Crippen LogP contribution >= 0.6 is 0 Å². The highest BCUT2D eigenvalue weighted by molar-refractivity contribution is 5.69. The minimum atomic E-state index is -0.907. The zero-order valence-corrected chi connectivity index (χ0v) is 5.79. The standard InChI is InChI=1S/C7H10O3/c1-5(3-6(2)8)4-7(9)10/h3,8H,2,4H2,1H3,(H,9,10)/b5-3+. The second-order valence-electron chi connectivity index (χ2n) is 2.05. The number of allylic oxidation sites excluding steroid dienone is 1. The van der Waals surface area contributed by atoms with Gasteiger partial charge >= 0.3 is 5.97 Å². The van der Waals surface area contributed by atoms with Crippen LogP contribution in [0, 0.1) is 0 Å². The predicted octanol–water partition coefficient (Wildman–Crippen LogP) is 1.48. The highest BCUT2D eigenvalue weighted by Gasteiger charge is 1.97. The monoisotopic (exact) mass is 142 g/mol. The largest absolute Gasteiger partial charge is 0.509 e. The van der Waals surface area contributed by atoms with Crippen molar-refractivity contribution < 1.29 is 15.0 Å². The Balaban J connectivity index is 3.95. The molecule has 3 nitrogen and oxygen atoms in total. The van der Waals surface area contributed by atoms with Crippen molar-refractivity contribution in [3.05, 3.63) is 24.0 Å². The molecule has 0 spiro atoms. The molecular weight excluding hydrogens is 132 g/mol. The van der Waals surface area contributed by atoms with Crippen LogP contribution in [0.1, 0.15) is 13.3 Å². The molecule has 0 bridgehead atoms. The van der Waals surface area contributed by atoms with E-state index in [4.69, 9.17) is 10.2 Å². The highest BCUT2D eigenvalue weighted by atomic mass is 16.4. The van der Waals surface area contributed by atoms with E-state index in [-0.39, 0.29) is 12.2 Å². The van der Waals surface area contributed by atoms with E-state index < -0.39 is 5.97 Å². The molecule has 0 aromatic heterocycles. The summed E-state index contributed by atoms with van der Waals surface area (Å²) in [5, 5.41) is 16.8. The summed E-state index contributed by atoms with van der Waals surface area (Å²) >= 11 is 0. The summed E-state index contributed by atoms with van der Waals surface area (Å²) in [5.74, 6) is -1.02. The molecule has 0 aromatic rings. The van der Waals surface area contributed by atoms with Crippen LogP contribution in [0.4, 0.5) is 0 Å². The fraction of sp³-hybridized carbons (Fsp3) is 0.286. The number of carboxylic acid groups (broad SMARTS) is 1. The summed E-state index contributed by atoms with van der Waals surface area (Å²) in [6.07, 6.45) is 1.27. The average Bonchev–Trinajstić information content (AvgIpc) is 1.58. The van der Waals surface area contributed by atoms with Crippen molar-refractivity contribution in [2.45, 2.75) is 13.3 Å². The van der Waals surface area contributed by atoms with Gasteiger partial charge in [0.2, 0.25) is 0 Å². The predicted molar refractivity (Wildman–Crippen MR) is 37.8 cm³/mol. The highest BCUT2D eigenvalue weighted by Crippen LogP contribution is 2.01. The number of carbonyl (C=O) groups is 1. The van der Waals surface area contributed by atoms with Crippen molar-refractivity contribution in [1.29, 1.82) is 0 Å². The molecule has 0 unspecified atom stereocenters. The first-order valence-corrected chi connectivity index (χ1v) is 2.79. The molecule has 0 radical (unpaired) electrons.